The van der Waals surface area contributed by atoms with Crippen LogP contribution >= 0.6 is 23.4 Å². The molecule has 0 N–H and O–H groups in total. The summed E-state index contributed by atoms with van der Waals surface area (Å²) < 4.78 is 10.4. The zero-order valence-electron chi connectivity index (χ0n) is 15.7. The fourth-order valence-corrected chi connectivity index (χ4v) is 4.17. The topological polar surface area (TPSA) is 76.2 Å². The maximum atomic E-state index is 12.7. The van der Waals surface area contributed by atoms with Gasteiger partial charge in [-0.1, -0.05) is 11.6 Å². The third-order valence-electron chi connectivity index (χ3n) is 4.67. The number of carbonyl (C=O) groups is 3. The molecule has 0 saturated carbocycles. The standard InChI is InChI=1S/C19H21ClN2O5S/c1-26-14-8-12(13(20)10-15(14)27-2)9-16-18(24)22(19(25)28-16)11-17(23)21-6-4-3-5-7-21/h8-10H,3-7,11H2,1-2H3/b16-9-. The van der Waals surface area contributed by atoms with Crippen LogP contribution in [0, 0.1) is 0 Å². The lowest BCUT2D eigenvalue weighted by Gasteiger charge is -2.27. The zero-order chi connectivity index (χ0) is 20.3. The second-order valence-corrected chi connectivity index (χ2v) is 7.84. The summed E-state index contributed by atoms with van der Waals surface area (Å²) >= 11 is 7.06. The van der Waals surface area contributed by atoms with Crippen LogP contribution < -0.4 is 9.47 Å². The van der Waals surface area contributed by atoms with E-state index in [0.717, 1.165) is 35.9 Å². The number of carbonyl (C=O) groups excluding carboxylic acids is 3. The fraction of sp³-hybridized carbons (Fsp3) is 0.421. The van der Waals surface area contributed by atoms with Gasteiger partial charge in [0, 0.05) is 19.2 Å². The summed E-state index contributed by atoms with van der Waals surface area (Å²) in [6.07, 6.45) is 4.53. The van der Waals surface area contributed by atoms with E-state index in [1.54, 1.807) is 17.0 Å². The Labute approximate surface area is 172 Å². The lowest BCUT2D eigenvalue weighted by Crippen LogP contribution is -2.44. The molecule has 3 amide bonds. The van der Waals surface area contributed by atoms with Gasteiger partial charge in [-0.05, 0) is 48.7 Å². The first-order chi connectivity index (χ1) is 13.4. The molecule has 2 fully saturated rings. The van der Waals surface area contributed by atoms with E-state index >= 15 is 0 Å². The molecule has 0 aromatic heterocycles. The van der Waals surface area contributed by atoms with Gasteiger partial charge >= 0.3 is 0 Å². The molecule has 2 aliphatic heterocycles. The molecule has 3 rings (SSSR count). The molecule has 28 heavy (non-hydrogen) atoms. The van der Waals surface area contributed by atoms with Crippen molar-refractivity contribution in [3.05, 3.63) is 27.6 Å². The van der Waals surface area contributed by atoms with E-state index in [1.807, 2.05) is 0 Å². The molecule has 0 bridgehead atoms. The number of methoxy groups -OCH3 is 2. The van der Waals surface area contributed by atoms with Crippen LogP contribution in [0.2, 0.25) is 5.02 Å². The van der Waals surface area contributed by atoms with Crippen molar-refractivity contribution < 1.29 is 23.9 Å². The smallest absolute Gasteiger partial charge is 0.294 e. The Bertz CT molecular complexity index is 836. The summed E-state index contributed by atoms with van der Waals surface area (Å²) in [4.78, 5) is 40.3. The highest BCUT2D eigenvalue weighted by atomic mass is 35.5. The predicted molar refractivity (Wildman–Crippen MR) is 108 cm³/mol. The van der Waals surface area contributed by atoms with Crippen molar-refractivity contribution in [3.63, 3.8) is 0 Å². The van der Waals surface area contributed by atoms with Crippen molar-refractivity contribution in [2.24, 2.45) is 0 Å². The Morgan fingerprint density at radius 3 is 2.43 bits per heavy atom. The molecule has 1 aromatic carbocycles. The predicted octanol–water partition coefficient (Wildman–Crippen LogP) is 3.41. The third kappa shape index (κ3) is 4.28. The molecule has 0 radical (unpaired) electrons. The van der Waals surface area contributed by atoms with Crippen LogP contribution in [0.3, 0.4) is 0 Å². The molecular formula is C19H21ClN2O5S. The number of piperidine rings is 1. The Kier molecular flexibility index (Phi) is 6.51. The molecule has 7 nitrogen and oxygen atoms in total. The van der Waals surface area contributed by atoms with E-state index in [0.29, 0.717) is 35.2 Å². The number of nitrogens with zero attached hydrogens (tertiary/aromatic N) is 2. The molecule has 0 aliphatic carbocycles. The monoisotopic (exact) mass is 424 g/mol. The minimum atomic E-state index is -0.494. The molecule has 0 spiro atoms. The maximum absolute atomic E-state index is 12.7. The highest BCUT2D eigenvalue weighted by molar-refractivity contribution is 8.18. The third-order valence-corrected chi connectivity index (χ3v) is 5.90. The number of benzene rings is 1. The van der Waals surface area contributed by atoms with E-state index in [1.165, 1.54) is 20.3 Å². The van der Waals surface area contributed by atoms with Crippen LogP contribution in [0.4, 0.5) is 4.79 Å². The lowest BCUT2D eigenvalue weighted by molar-refractivity contribution is -0.136. The van der Waals surface area contributed by atoms with Gasteiger partial charge in [0.1, 0.15) is 6.54 Å². The average molecular weight is 425 g/mol. The quantitative estimate of drug-likeness (QED) is 0.674. The van der Waals surface area contributed by atoms with E-state index in [9.17, 15) is 14.4 Å². The van der Waals surface area contributed by atoms with Gasteiger partial charge in [0.05, 0.1) is 24.1 Å². The van der Waals surface area contributed by atoms with Crippen molar-refractivity contribution in [1.82, 2.24) is 9.80 Å². The molecular weight excluding hydrogens is 404 g/mol. The fourth-order valence-electron chi connectivity index (χ4n) is 3.14. The molecule has 2 aliphatic rings. The van der Waals surface area contributed by atoms with E-state index in [4.69, 9.17) is 21.1 Å². The first-order valence-corrected chi connectivity index (χ1v) is 10.1. The first-order valence-electron chi connectivity index (χ1n) is 8.89. The SMILES string of the molecule is COc1cc(Cl)c(/C=C2\SC(=O)N(CC(=O)N3CCCCC3)C2=O)cc1OC. The first kappa shape index (κ1) is 20.5. The number of halogens is 1. The molecule has 2 heterocycles. The van der Waals surface area contributed by atoms with Crippen LogP contribution in [0.1, 0.15) is 24.8 Å². The Balaban J connectivity index is 1.78. The largest absolute Gasteiger partial charge is 0.493 e. The summed E-state index contributed by atoms with van der Waals surface area (Å²) in [7, 11) is 2.99. The van der Waals surface area contributed by atoms with Crippen molar-refractivity contribution >= 4 is 46.5 Å². The van der Waals surface area contributed by atoms with Gasteiger partial charge in [0.15, 0.2) is 11.5 Å². The summed E-state index contributed by atoms with van der Waals surface area (Å²) in [5, 5.41) is -0.105. The minimum absolute atomic E-state index is 0.201. The van der Waals surface area contributed by atoms with Crippen LogP contribution in [-0.2, 0) is 9.59 Å². The Morgan fingerprint density at radius 2 is 1.79 bits per heavy atom. The number of hydrogen-bond acceptors (Lipinski definition) is 6. The molecule has 0 unspecified atom stereocenters. The van der Waals surface area contributed by atoms with Crippen LogP contribution in [-0.4, -0.2) is 60.7 Å². The number of amides is 3. The lowest BCUT2D eigenvalue weighted by atomic mass is 10.1. The van der Waals surface area contributed by atoms with Gasteiger partial charge < -0.3 is 14.4 Å². The maximum Gasteiger partial charge on any atom is 0.294 e. The summed E-state index contributed by atoms with van der Waals surface area (Å²) in [6.45, 7) is 1.11. The van der Waals surface area contributed by atoms with Gasteiger partial charge in [-0.25, -0.2) is 0 Å². The Hall–Kier alpha value is -2.19. The number of hydrogen-bond donors (Lipinski definition) is 0. The highest BCUT2D eigenvalue weighted by Crippen LogP contribution is 2.37. The number of imide groups is 1. The van der Waals surface area contributed by atoms with Gasteiger partial charge in [0.2, 0.25) is 5.91 Å². The minimum Gasteiger partial charge on any atom is -0.493 e. The van der Waals surface area contributed by atoms with Crippen LogP contribution in [0.5, 0.6) is 11.5 Å². The van der Waals surface area contributed by atoms with Crippen molar-refractivity contribution in [2.45, 2.75) is 19.3 Å². The molecule has 1 aromatic rings. The second-order valence-electron chi connectivity index (χ2n) is 6.44. The van der Waals surface area contributed by atoms with Gasteiger partial charge in [-0.2, -0.15) is 0 Å². The van der Waals surface area contributed by atoms with Crippen molar-refractivity contribution in [2.75, 3.05) is 33.9 Å². The number of likely N-dealkylation sites (tertiary alicyclic amines) is 1. The molecule has 9 heteroatoms. The highest BCUT2D eigenvalue weighted by Gasteiger charge is 2.37. The average Bonchev–Trinajstić information content (AvgIpc) is 2.97. The van der Waals surface area contributed by atoms with Gasteiger partial charge in [-0.15, -0.1) is 0 Å². The van der Waals surface area contributed by atoms with E-state index in [-0.39, 0.29) is 17.4 Å². The molecule has 2 saturated heterocycles. The number of ether oxygens (including phenoxy) is 2. The Morgan fingerprint density at radius 1 is 1.14 bits per heavy atom. The summed E-state index contributed by atoms with van der Waals surface area (Å²) in [5.41, 5.74) is 0.521. The second kappa shape index (κ2) is 8.87. The molecule has 150 valence electrons. The number of rotatable bonds is 5. The number of thioether (sulfide) groups is 1. The van der Waals surface area contributed by atoms with Crippen molar-refractivity contribution in [1.29, 1.82) is 0 Å². The molecule has 0 atom stereocenters. The van der Waals surface area contributed by atoms with Crippen molar-refractivity contribution in [3.8, 4) is 11.5 Å². The van der Waals surface area contributed by atoms with Gasteiger partial charge in [-0.3, -0.25) is 19.3 Å². The summed E-state index contributed by atoms with van der Waals surface area (Å²) in [5.74, 6) is 0.223. The normalized spacial score (nSPS) is 18.8. The van der Waals surface area contributed by atoms with E-state index in [2.05, 4.69) is 0 Å². The zero-order valence-corrected chi connectivity index (χ0v) is 17.3. The van der Waals surface area contributed by atoms with E-state index < -0.39 is 11.1 Å². The van der Waals surface area contributed by atoms with Crippen LogP contribution in [0.25, 0.3) is 6.08 Å². The van der Waals surface area contributed by atoms with Gasteiger partial charge in [0.25, 0.3) is 11.1 Å². The summed E-state index contributed by atoms with van der Waals surface area (Å²) in [6, 6.07) is 3.21. The van der Waals surface area contributed by atoms with Crippen LogP contribution in [0.15, 0.2) is 17.0 Å².